The summed E-state index contributed by atoms with van der Waals surface area (Å²) < 4.78 is 17.1. The van der Waals surface area contributed by atoms with Crippen molar-refractivity contribution in [2.24, 2.45) is 0 Å². The molecule has 2 aromatic carbocycles. The maximum absolute atomic E-state index is 6.04. The number of nitrogens with zero attached hydrogens (tertiary/aromatic N) is 4. The van der Waals surface area contributed by atoms with Gasteiger partial charge < -0.3 is 18.6 Å². The molecule has 0 spiro atoms. The summed E-state index contributed by atoms with van der Waals surface area (Å²) in [5, 5.41) is 5.17. The van der Waals surface area contributed by atoms with Crippen molar-refractivity contribution in [3.63, 3.8) is 0 Å². The van der Waals surface area contributed by atoms with Crippen molar-refractivity contribution in [2.45, 2.75) is 131 Å². The number of aryl methyl sites for hydroxylation is 4. The predicted octanol–water partition coefficient (Wildman–Crippen LogP) is 11.5. The Kier molecular flexibility index (Phi) is 10.9. The first kappa shape index (κ1) is 33.8. The first-order valence-electron chi connectivity index (χ1n) is 18.4. The van der Waals surface area contributed by atoms with Gasteiger partial charge in [0.15, 0.2) is 0 Å². The normalized spacial score (nSPS) is 12.1. The van der Waals surface area contributed by atoms with Crippen LogP contribution in [-0.2, 0) is 13.1 Å². The highest BCUT2D eigenvalue weighted by atomic mass is 16.5. The van der Waals surface area contributed by atoms with Crippen LogP contribution in [0.15, 0.2) is 60.9 Å². The van der Waals surface area contributed by atoms with Crippen molar-refractivity contribution in [3.05, 3.63) is 72.3 Å². The maximum Gasteiger partial charge on any atom is 0.121 e. The summed E-state index contributed by atoms with van der Waals surface area (Å²) in [5.74, 6) is 1.88. The minimum absolute atomic E-state index is 0.163. The van der Waals surface area contributed by atoms with E-state index >= 15 is 0 Å². The molecule has 0 unspecified atom stereocenters. The van der Waals surface area contributed by atoms with Gasteiger partial charge in [0.25, 0.3) is 0 Å². The topological polar surface area (TPSA) is 54.1 Å². The fraction of sp³-hybridized carbons (Fsp3) is 0.476. The highest BCUT2D eigenvalue weighted by Gasteiger charge is 2.16. The third kappa shape index (κ3) is 7.48. The molecule has 0 fully saturated rings. The molecule has 6 heteroatoms. The van der Waals surface area contributed by atoms with E-state index in [2.05, 4.69) is 109 Å². The number of rotatable bonds is 17. The summed E-state index contributed by atoms with van der Waals surface area (Å²) in [6.07, 6.45) is 17.0. The molecule has 4 heterocycles. The lowest BCUT2D eigenvalue weighted by Gasteiger charge is -2.12. The maximum atomic E-state index is 6.04. The molecule has 0 saturated carbocycles. The Morgan fingerprint density at radius 3 is 1.25 bits per heavy atom. The van der Waals surface area contributed by atoms with Crippen LogP contribution in [0.25, 0.3) is 43.6 Å². The van der Waals surface area contributed by atoms with Gasteiger partial charge in [-0.25, -0.2) is 0 Å². The summed E-state index contributed by atoms with van der Waals surface area (Å²) in [7, 11) is 0. The Morgan fingerprint density at radius 1 is 0.500 bits per heavy atom. The zero-order valence-corrected chi connectivity index (χ0v) is 30.0. The van der Waals surface area contributed by atoms with Gasteiger partial charge in [0.1, 0.15) is 11.5 Å². The third-order valence-corrected chi connectivity index (χ3v) is 9.61. The summed E-state index contributed by atoms with van der Waals surface area (Å²) in [6.45, 7) is 14.6. The number of ether oxygens (including phenoxy) is 2. The second-order valence-corrected chi connectivity index (χ2v) is 14.1. The molecule has 0 amide bonds. The van der Waals surface area contributed by atoms with Crippen molar-refractivity contribution in [2.75, 3.05) is 0 Å². The number of pyridine rings is 2. The van der Waals surface area contributed by atoms with Crippen LogP contribution in [-0.4, -0.2) is 31.3 Å². The summed E-state index contributed by atoms with van der Waals surface area (Å²) >= 11 is 0. The van der Waals surface area contributed by atoms with Crippen molar-refractivity contribution in [1.29, 1.82) is 0 Å². The fourth-order valence-electron chi connectivity index (χ4n) is 7.51. The van der Waals surface area contributed by atoms with E-state index in [4.69, 9.17) is 9.47 Å². The molecule has 0 aliphatic heterocycles. The highest BCUT2D eigenvalue weighted by Crippen LogP contribution is 2.35. The van der Waals surface area contributed by atoms with Crippen LogP contribution < -0.4 is 9.47 Å². The Bertz CT molecular complexity index is 1840. The molecule has 0 N–H and O–H groups in total. The molecular weight excluding hydrogens is 592 g/mol. The molecule has 0 saturated heterocycles. The number of unbranched alkanes of at least 4 members (excludes halogenated alkanes) is 9. The van der Waals surface area contributed by atoms with Crippen LogP contribution in [0, 0.1) is 13.8 Å². The van der Waals surface area contributed by atoms with Crippen molar-refractivity contribution < 1.29 is 9.47 Å². The van der Waals surface area contributed by atoms with Crippen LogP contribution in [0.3, 0.4) is 0 Å². The van der Waals surface area contributed by atoms with Crippen molar-refractivity contribution >= 4 is 43.6 Å². The van der Waals surface area contributed by atoms with Gasteiger partial charge in [-0.3, -0.25) is 9.97 Å². The molecule has 6 rings (SSSR count). The van der Waals surface area contributed by atoms with Crippen LogP contribution in [0.4, 0.5) is 0 Å². The van der Waals surface area contributed by atoms with E-state index in [-0.39, 0.29) is 12.2 Å². The monoisotopic (exact) mass is 646 g/mol. The van der Waals surface area contributed by atoms with Crippen LogP contribution in [0.1, 0.15) is 103 Å². The quantitative estimate of drug-likeness (QED) is 0.0925. The number of aromatic nitrogens is 4. The molecule has 0 aliphatic carbocycles. The van der Waals surface area contributed by atoms with E-state index in [1.54, 1.807) is 0 Å². The molecule has 6 nitrogen and oxygen atoms in total. The predicted molar refractivity (Wildman–Crippen MR) is 202 cm³/mol. The average Bonchev–Trinajstić information content (AvgIpc) is 3.54. The second-order valence-electron chi connectivity index (χ2n) is 14.1. The van der Waals surface area contributed by atoms with Gasteiger partial charge in [0.2, 0.25) is 0 Å². The molecule has 6 aromatic rings. The van der Waals surface area contributed by atoms with Crippen molar-refractivity contribution in [1.82, 2.24) is 19.1 Å². The minimum Gasteiger partial charge on any atom is -0.491 e. The molecule has 4 aromatic heterocycles. The Balaban J connectivity index is 0.941. The molecule has 254 valence electrons. The Morgan fingerprint density at radius 2 is 0.875 bits per heavy atom. The minimum atomic E-state index is 0.163. The van der Waals surface area contributed by atoms with E-state index < -0.39 is 0 Å². The Hall–Kier alpha value is -4.06. The van der Waals surface area contributed by atoms with Crippen molar-refractivity contribution in [3.8, 4) is 11.5 Å². The largest absolute Gasteiger partial charge is 0.491 e. The van der Waals surface area contributed by atoms with Gasteiger partial charge in [0.05, 0.1) is 45.7 Å². The lowest BCUT2D eigenvalue weighted by molar-refractivity contribution is 0.242. The molecule has 0 radical (unpaired) electrons. The first-order chi connectivity index (χ1) is 23.3. The van der Waals surface area contributed by atoms with Gasteiger partial charge >= 0.3 is 0 Å². The number of benzene rings is 2. The van der Waals surface area contributed by atoms with Crippen LogP contribution in [0.5, 0.6) is 11.5 Å². The second kappa shape index (κ2) is 15.4. The van der Waals surface area contributed by atoms with Gasteiger partial charge in [0, 0.05) is 59.2 Å². The lowest BCUT2D eigenvalue weighted by Crippen LogP contribution is -2.05. The van der Waals surface area contributed by atoms with E-state index in [9.17, 15) is 0 Å². The van der Waals surface area contributed by atoms with Gasteiger partial charge in [-0.2, -0.15) is 0 Å². The van der Waals surface area contributed by atoms with Crippen LogP contribution >= 0.6 is 0 Å². The molecule has 0 atom stereocenters. The standard InChI is InChI=1S/C42H54N4O2/c1-29(2)47-33-17-19-35-37-21-23-43-31(5)41(37)45(39(35)27-33)25-15-13-11-9-7-8-10-12-14-16-26-46-40-28-34(48-30(3)4)18-20-36(40)38-22-24-44-32(6)42(38)46/h17-24,27-30H,7-16,25-26H2,1-6H3. The molecule has 48 heavy (non-hydrogen) atoms. The first-order valence-corrected chi connectivity index (χ1v) is 18.4. The van der Waals surface area contributed by atoms with Crippen LogP contribution in [0.2, 0.25) is 0 Å². The SMILES string of the molecule is Cc1nccc2c3ccc(OC(C)C)cc3n(CCCCCCCCCCCCn3c4cc(OC(C)C)ccc4c4ccnc(C)c43)c12. The van der Waals surface area contributed by atoms with E-state index in [1.807, 2.05) is 12.4 Å². The summed E-state index contributed by atoms with van der Waals surface area (Å²) in [4.78, 5) is 9.26. The van der Waals surface area contributed by atoms with E-state index in [0.29, 0.717) is 0 Å². The fourth-order valence-corrected chi connectivity index (χ4v) is 7.51. The summed E-state index contributed by atoms with van der Waals surface area (Å²) in [5.41, 5.74) is 7.25. The number of hydrogen-bond acceptors (Lipinski definition) is 4. The Labute approximate surface area is 286 Å². The zero-order chi connectivity index (χ0) is 33.6. The molecular formula is C42H54N4O2. The van der Waals surface area contributed by atoms with Gasteiger partial charge in [-0.05, 0) is 90.8 Å². The average molecular weight is 647 g/mol. The number of hydrogen-bond donors (Lipinski definition) is 0. The summed E-state index contributed by atoms with van der Waals surface area (Å²) in [6, 6.07) is 17.4. The third-order valence-electron chi connectivity index (χ3n) is 9.61. The number of fused-ring (bicyclic) bond motifs is 6. The van der Waals surface area contributed by atoms with E-state index in [0.717, 1.165) is 36.0 Å². The lowest BCUT2D eigenvalue weighted by atomic mass is 10.1. The molecule has 0 bridgehead atoms. The van der Waals surface area contributed by atoms with Gasteiger partial charge in [-0.15, -0.1) is 0 Å². The van der Waals surface area contributed by atoms with Gasteiger partial charge in [-0.1, -0.05) is 51.4 Å². The zero-order valence-electron chi connectivity index (χ0n) is 30.0. The molecule has 0 aliphatic rings. The highest BCUT2D eigenvalue weighted by molar-refractivity contribution is 6.09. The smallest absolute Gasteiger partial charge is 0.121 e. The van der Waals surface area contributed by atoms with E-state index in [1.165, 1.54) is 108 Å².